The molecular formula is C21H18F3N3OS. The Bertz CT molecular complexity index is 1020. The van der Waals surface area contributed by atoms with E-state index >= 15 is 0 Å². The number of nitrogens with zero attached hydrogens (tertiary/aromatic N) is 3. The van der Waals surface area contributed by atoms with Crippen LogP contribution in [0.3, 0.4) is 0 Å². The van der Waals surface area contributed by atoms with Crippen molar-refractivity contribution in [1.82, 2.24) is 14.9 Å². The van der Waals surface area contributed by atoms with Crippen molar-refractivity contribution in [3.05, 3.63) is 70.5 Å². The first-order valence-electron chi connectivity index (χ1n) is 9.20. The van der Waals surface area contributed by atoms with E-state index in [0.717, 1.165) is 30.5 Å². The standard InChI is InChI=1S/C21H18F3N3OS/c1-13-18(20(28)27-12-2-3-17(27)14-8-10-25-11-9-14)29-19(26-13)15-4-6-16(7-5-15)21(22,23)24/h4-11,17H,2-3,12H2,1H3/t17-/m1/s1. The molecule has 1 saturated heterocycles. The summed E-state index contributed by atoms with van der Waals surface area (Å²) in [6.07, 6.45) is 0.867. The predicted molar refractivity (Wildman–Crippen MR) is 105 cm³/mol. The van der Waals surface area contributed by atoms with Crippen LogP contribution in [0.1, 0.15) is 45.4 Å². The summed E-state index contributed by atoms with van der Waals surface area (Å²) in [6, 6.07) is 8.70. The molecule has 8 heteroatoms. The third kappa shape index (κ3) is 3.89. The molecule has 1 amide bonds. The number of rotatable bonds is 3. The molecule has 150 valence electrons. The second kappa shape index (κ2) is 7.59. The summed E-state index contributed by atoms with van der Waals surface area (Å²) in [5.41, 5.74) is 1.51. The minimum absolute atomic E-state index is 0.00141. The van der Waals surface area contributed by atoms with Gasteiger partial charge in [0.25, 0.3) is 5.91 Å². The van der Waals surface area contributed by atoms with Gasteiger partial charge >= 0.3 is 6.18 Å². The highest BCUT2D eigenvalue weighted by molar-refractivity contribution is 7.17. The number of aromatic nitrogens is 2. The van der Waals surface area contributed by atoms with E-state index in [9.17, 15) is 18.0 Å². The van der Waals surface area contributed by atoms with E-state index in [-0.39, 0.29) is 11.9 Å². The van der Waals surface area contributed by atoms with Crippen LogP contribution < -0.4 is 0 Å². The maximum Gasteiger partial charge on any atom is 0.416 e. The van der Waals surface area contributed by atoms with E-state index in [1.54, 1.807) is 19.3 Å². The van der Waals surface area contributed by atoms with Gasteiger partial charge in [-0.2, -0.15) is 13.2 Å². The molecule has 0 N–H and O–H groups in total. The summed E-state index contributed by atoms with van der Waals surface area (Å²) >= 11 is 1.22. The summed E-state index contributed by atoms with van der Waals surface area (Å²) in [5.74, 6) is -0.0857. The molecule has 29 heavy (non-hydrogen) atoms. The molecule has 1 atom stereocenters. The Morgan fingerprint density at radius 3 is 2.48 bits per heavy atom. The third-order valence-electron chi connectivity index (χ3n) is 5.05. The van der Waals surface area contributed by atoms with E-state index < -0.39 is 11.7 Å². The number of carbonyl (C=O) groups excluding carboxylic acids is 1. The number of benzene rings is 1. The molecule has 0 saturated carbocycles. The van der Waals surface area contributed by atoms with Crippen molar-refractivity contribution < 1.29 is 18.0 Å². The molecule has 0 aliphatic carbocycles. The molecule has 0 unspecified atom stereocenters. The summed E-state index contributed by atoms with van der Waals surface area (Å²) in [5, 5.41) is 0.541. The second-order valence-electron chi connectivity index (χ2n) is 6.95. The highest BCUT2D eigenvalue weighted by Crippen LogP contribution is 2.37. The zero-order valence-corrected chi connectivity index (χ0v) is 16.4. The van der Waals surface area contributed by atoms with Crippen molar-refractivity contribution in [1.29, 1.82) is 0 Å². The van der Waals surface area contributed by atoms with Gasteiger partial charge in [0.1, 0.15) is 9.88 Å². The molecule has 4 rings (SSSR count). The number of amides is 1. The quantitative estimate of drug-likeness (QED) is 0.565. The molecule has 3 heterocycles. The average Bonchev–Trinajstić information content (AvgIpc) is 3.35. The topological polar surface area (TPSA) is 46.1 Å². The van der Waals surface area contributed by atoms with Gasteiger partial charge in [0.2, 0.25) is 0 Å². The number of hydrogen-bond acceptors (Lipinski definition) is 4. The number of carbonyl (C=O) groups is 1. The number of aryl methyl sites for hydroxylation is 1. The number of thiazole rings is 1. The SMILES string of the molecule is Cc1nc(-c2ccc(C(F)(F)F)cc2)sc1C(=O)N1CCC[C@@H]1c1ccncc1. The van der Waals surface area contributed by atoms with Gasteiger partial charge in [-0.05, 0) is 49.6 Å². The van der Waals surface area contributed by atoms with Gasteiger partial charge in [-0.1, -0.05) is 12.1 Å². The lowest BCUT2D eigenvalue weighted by Crippen LogP contribution is -2.30. The van der Waals surface area contributed by atoms with Crippen molar-refractivity contribution >= 4 is 17.2 Å². The number of pyridine rings is 1. The van der Waals surface area contributed by atoms with Crippen molar-refractivity contribution in [2.24, 2.45) is 0 Å². The Labute approximate surface area is 170 Å². The maximum absolute atomic E-state index is 13.2. The molecule has 4 nitrogen and oxygen atoms in total. The monoisotopic (exact) mass is 417 g/mol. The van der Waals surface area contributed by atoms with Gasteiger partial charge in [-0.3, -0.25) is 9.78 Å². The third-order valence-corrected chi connectivity index (χ3v) is 6.25. The Hall–Kier alpha value is -2.74. The first-order chi connectivity index (χ1) is 13.8. The molecule has 2 aromatic heterocycles. The molecule has 0 radical (unpaired) electrons. The van der Waals surface area contributed by atoms with E-state index in [4.69, 9.17) is 0 Å². The Kier molecular flexibility index (Phi) is 5.12. The number of halogens is 3. The zero-order chi connectivity index (χ0) is 20.6. The number of hydrogen-bond donors (Lipinski definition) is 0. The summed E-state index contributed by atoms with van der Waals surface area (Å²) in [7, 11) is 0. The summed E-state index contributed by atoms with van der Waals surface area (Å²) in [4.78, 5) is 24.1. The van der Waals surface area contributed by atoms with Crippen molar-refractivity contribution in [3.63, 3.8) is 0 Å². The van der Waals surface area contributed by atoms with Crippen LogP contribution in [0, 0.1) is 6.92 Å². The van der Waals surface area contributed by atoms with E-state index in [1.807, 2.05) is 17.0 Å². The van der Waals surface area contributed by atoms with Crippen LogP contribution in [0.5, 0.6) is 0 Å². The van der Waals surface area contributed by atoms with Crippen LogP contribution in [0.4, 0.5) is 13.2 Å². The molecular weight excluding hydrogens is 399 g/mol. The minimum Gasteiger partial charge on any atom is -0.331 e. The lowest BCUT2D eigenvalue weighted by molar-refractivity contribution is -0.137. The number of alkyl halides is 3. The van der Waals surface area contributed by atoms with Crippen LogP contribution >= 0.6 is 11.3 Å². The van der Waals surface area contributed by atoms with Crippen LogP contribution in [-0.2, 0) is 6.18 Å². The Morgan fingerprint density at radius 1 is 1.14 bits per heavy atom. The highest BCUT2D eigenvalue weighted by atomic mass is 32.1. The Morgan fingerprint density at radius 2 is 1.83 bits per heavy atom. The zero-order valence-electron chi connectivity index (χ0n) is 15.6. The molecule has 1 aliphatic heterocycles. The van der Waals surface area contributed by atoms with E-state index in [0.29, 0.717) is 27.7 Å². The summed E-state index contributed by atoms with van der Waals surface area (Å²) < 4.78 is 38.3. The molecule has 0 bridgehead atoms. The average molecular weight is 417 g/mol. The van der Waals surface area contributed by atoms with Gasteiger partial charge in [0.15, 0.2) is 0 Å². The van der Waals surface area contributed by atoms with Crippen LogP contribution in [0.25, 0.3) is 10.6 Å². The van der Waals surface area contributed by atoms with Gasteiger partial charge in [0, 0.05) is 24.5 Å². The van der Waals surface area contributed by atoms with Crippen molar-refractivity contribution in [2.45, 2.75) is 32.0 Å². The summed E-state index contributed by atoms with van der Waals surface area (Å²) in [6.45, 7) is 2.42. The molecule has 1 aliphatic rings. The minimum atomic E-state index is -4.38. The van der Waals surface area contributed by atoms with Crippen molar-refractivity contribution in [2.75, 3.05) is 6.54 Å². The first kappa shape index (κ1) is 19.6. The second-order valence-corrected chi connectivity index (χ2v) is 7.94. The van der Waals surface area contributed by atoms with Gasteiger partial charge in [-0.15, -0.1) is 11.3 Å². The lowest BCUT2D eigenvalue weighted by atomic mass is 10.1. The van der Waals surface area contributed by atoms with Gasteiger partial charge in [-0.25, -0.2) is 4.98 Å². The molecule has 0 spiro atoms. The van der Waals surface area contributed by atoms with Crippen molar-refractivity contribution in [3.8, 4) is 10.6 Å². The fourth-order valence-electron chi connectivity index (χ4n) is 3.59. The largest absolute Gasteiger partial charge is 0.416 e. The molecule has 1 fully saturated rings. The highest BCUT2D eigenvalue weighted by Gasteiger charge is 2.33. The fraction of sp³-hybridized carbons (Fsp3) is 0.286. The first-order valence-corrected chi connectivity index (χ1v) is 10.0. The van der Waals surface area contributed by atoms with Crippen LogP contribution in [0.2, 0.25) is 0 Å². The smallest absolute Gasteiger partial charge is 0.331 e. The van der Waals surface area contributed by atoms with Crippen LogP contribution in [-0.4, -0.2) is 27.3 Å². The van der Waals surface area contributed by atoms with Crippen LogP contribution in [0.15, 0.2) is 48.8 Å². The molecule has 1 aromatic carbocycles. The number of likely N-dealkylation sites (tertiary alicyclic amines) is 1. The van der Waals surface area contributed by atoms with Gasteiger partial charge < -0.3 is 4.90 Å². The lowest BCUT2D eigenvalue weighted by Gasteiger charge is -2.24. The Balaban J connectivity index is 1.60. The van der Waals surface area contributed by atoms with E-state index in [1.165, 1.54) is 23.5 Å². The van der Waals surface area contributed by atoms with Gasteiger partial charge in [0.05, 0.1) is 17.3 Å². The fourth-order valence-corrected chi connectivity index (χ4v) is 4.62. The van der Waals surface area contributed by atoms with E-state index in [2.05, 4.69) is 9.97 Å². The molecule has 3 aromatic rings. The maximum atomic E-state index is 13.2. The normalized spacial score (nSPS) is 17.0. The predicted octanol–water partition coefficient (Wildman–Crippen LogP) is 5.51.